The second kappa shape index (κ2) is 12.1. The molecule has 2 aliphatic rings. The third-order valence-electron chi connectivity index (χ3n) is 7.30. The number of benzene rings is 2. The molecule has 6 rings (SSSR count). The summed E-state index contributed by atoms with van der Waals surface area (Å²) < 4.78 is 13.2. The first-order chi connectivity index (χ1) is 20.0. The van der Waals surface area contributed by atoms with E-state index in [0.717, 1.165) is 35.7 Å². The maximum absolute atomic E-state index is 13.3. The van der Waals surface area contributed by atoms with Crippen molar-refractivity contribution in [2.24, 2.45) is 0 Å². The smallest absolute Gasteiger partial charge is 0.410 e. The lowest BCUT2D eigenvalue weighted by molar-refractivity contribution is -0.0366. The Morgan fingerprint density at radius 3 is 2.63 bits per heavy atom. The first-order valence-electron chi connectivity index (χ1n) is 13.7. The molecule has 1 N–H and O–H groups in total. The fourth-order valence-electron chi connectivity index (χ4n) is 5.12. The molecular weight excluding hydrogens is 546 g/mol. The van der Waals surface area contributed by atoms with Crippen molar-refractivity contribution in [1.29, 1.82) is 0 Å². The first kappa shape index (κ1) is 27.0. The van der Waals surface area contributed by atoms with Crippen LogP contribution in [-0.2, 0) is 16.1 Å². The molecule has 0 aliphatic carbocycles. The van der Waals surface area contributed by atoms with Crippen LogP contribution in [0, 0.1) is 0 Å². The molecule has 4 aromatic rings. The largest absolute Gasteiger partial charge is 0.445 e. The number of hydrogen-bond donors (Lipinski definition) is 1. The van der Waals surface area contributed by atoms with E-state index in [4.69, 9.17) is 21.1 Å². The molecule has 2 fully saturated rings. The van der Waals surface area contributed by atoms with E-state index in [-0.39, 0.29) is 29.9 Å². The lowest BCUT2D eigenvalue weighted by Gasteiger charge is -2.34. The first-order valence-corrected chi connectivity index (χ1v) is 14.1. The summed E-state index contributed by atoms with van der Waals surface area (Å²) in [6, 6.07) is 16.8. The van der Waals surface area contributed by atoms with E-state index < -0.39 is 5.91 Å². The van der Waals surface area contributed by atoms with Crippen LogP contribution in [0.15, 0.2) is 60.8 Å². The van der Waals surface area contributed by atoms with Crippen LogP contribution in [0.3, 0.4) is 0 Å². The number of hydrogen-bond acceptors (Lipinski definition) is 8. The average Bonchev–Trinajstić information content (AvgIpc) is 3.46. The summed E-state index contributed by atoms with van der Waals surface area (Å²) in [6.07, 6.45) is 4.32. The highest BCUT2D eigenvalue weighted by Gasteiger charge is 2.25. The molecule has 1 atom stereocenters. The van der Waals surface area contributed by atoms with Crippen molar-refractivity contribution in [3.8, 4) is 0 Å². The van der Waals surface area contributed by atoms with Gasteiger partial charge in [-0.05, 0) is 48.6 Å². The SMILES string of the molecule is O=C(Nc1cccc2c1cnn2C1CCCCO1)c1cc(N2CCN(C(=O)OCc3ccccc3)CC2)nc(Cl)n1. The Labute approximate surface area is 242 Å². The number of nitrogens with zero attached hydrogens (tertiary/aromatic N) is 6. The van der Waals surface area contributed by atoms with Crippen molar-refractivity contribution in [2.75, 3.05) is 43.0 Å². The molecule has 2 amide bonds. The third kappa shape index (κ3) is 6.10. The zero-order valence-electron chi connectivity index (χ0n) is 22.4. The van der Waals surface area contributed by atoms with Gasteiger partial charge in [0, 0.05) is 44.2 Å². The number of carbonyl (C=O) groups excluding carboxylic acids is 2. The van der Waals surface area contributed by atoms with Gasteiger partial charge in [0.05, 0.1) is 17.4 Å². The van der Waals surface area contributed by atoms with Gasteiger partial charge in [-0.1, -0.05) is 36.4 Å². The van der Waals surface area contributed by atoms with Gasteiger partial charge in [-0.3, -0.25) is 4.79 Å². The van der Waals surface area contributed by atoms with Gasteiger partial charge in [-0.15, -0.1) is 0 Å². The zero-order valence-corrected chi connectivity index (χ0v) is 23.2. The fourth-order valence-corrected chi connectivity index (χ4v) is 5.30. The number of piperazine rings is 1. The Hall–Kier alpha value is -4.22. The molecule has 2 saturated heterocycles. The fraction of sp³-hybridized carbons (Fsp3) is 0.345. The van der Waals surface area contributed by atoms with Crippen molar-refractivity contribution in [3.05, 3.63) is 77.3 Å². The number of ether oxygens (including phenoxy) is 2. The summed E-state index contributed by atoms with van der Waals surface area (Å²) >= 11 is 6.24. The number of carbonyl (C=O) groups is 2. The minimum Gasteiger partial charge on any atom is -0.445 e. The Morgan fingerprint density at radius 2 is 1.85 bits per heavy atom. The Bertz CT molecular complexity index is 1530. The lowest BCUT2D eigenvalue weighted by atomic mass is 10.1. The van der Waals surface area contributed by atoms with Gasteiger partial charge in [0.25, 0.3) is 5.91 Å². The van der Waals surface area contributed by atoms with Crippen molar-refractivity contribution < 1.29 is 19.1 Å². The maximum atomic E-state index is 13.3. The number of halogens is 1. The Morgan fingerprint density at radius 1 is 1.02 bits per heavy atom. The maximum Gasteiger partial charge on any atom is 0.410 e. The van der Waals surface area contributed by atoms with E-state index in [1.54, 1.807) is 17.2 Å². The van der Waals surface area contributed by atoms with Gasteiger partial charge >= 0.3 is 6.09 Å². The highest BCUT2D eigenvalue weighted by Crippen LogP contribution is 2.30. The number of fused-ring (bicyclic) bond motifs is 1. The molecule has 41 heavy (non-hydrogen) atoms. The molecule has 0 spiro atoms. The normalized spacial score (nSPS) is 17.4. The topological polar surface area (TPSA) is 115 Å². The predicted octanol–water partition coefficient (Wildman–Crippen LogP) is 4.89. The molecule has 0 bridgehead atoms. The third-order valence-corrected chi connectivity index (χ3v) is 7.47. The number of nitrogens with one attached hydrogen (secondary N) is 1. The molecule has 2 aliphatic heterocycles. The summed E-state index contributed by atoms with van der Waals surface area (Å²) in [5, 5.41) is 8.28. The lowest BCUT2D eigenvalue weighted by Crippen LogP contribution is -2.49. The average molecular weight is 576 g/mol. The highest BCUT2D eigenvalue weighted by atomic mass is 35.5. The van der Waals surface area contributed by atoms with Crippen LogP contribution in [-0.4, -0.2) is 69.4 Å². The van der Waals surface area contributed by atoms with Crippen LogP contribution in [0.1, 0.15) is 41.5 Å². The summed E-state index contributed by atoms with van der Waals surface area (Å²) in [7, 11) is 0. The van der Waals surface area contributed by atoms with Crippen LogP contribution in [0.25, 0.3) is 10.9 Å². The quantitative estimate of drug-likeness (QED) is 0.323. The highest BCUT2D eigenvalue weighted by molar-refractivity contribution is 6.28. The number of aromatic nitrogens is 4. The van der Waals surface area contributed by atoms with Crippen molar-refractivity contribution in [2.45, 2.75) is 32.1 Å². The van der Waals surface area contributed by atoms with E-state index in [9.17, 15) is 9.59 Å². The van der Waals surface area contributed by atoms with Gasteiger partial charge in [0.1, 0.15) is 18.1 Å². The Balaban J connectivity index is 1.10. The molecule has 11 nitrogen and oxygen atoms in total. The van der Waals surface area contributed by atoms with Gasteiger partial charge in [-0.2, -0.15) is 5.10 Å². The van der Waals surface area contributed by atoms with E-state index in [0.29, 0.717) is 44.3 Å². The molecule has 2 aromatic heterocycles. The van der Waals surface area contributed by atoms with Gasteiger partial charge in [0.2, 0.25) is 5.28 Å². The number of rotatable bonds is 6. The van der Waals surface area contributed by atoms with Crippen molar-refractivity contribution >= 4 is 46.0 Å². The monoisotopic (exact) mass is 575 g/mol. The molecule has 2 aromatic carbocycles. The summed E-state index contributed by atoms with van der Waals surface area (Å²) in [5.74, 6) is 0.112. The molecule has 0 saturated carbocycles. The molecule has 4 heterocycles. The second-order valence-electron chi connectivity index (χ2n) is 10.00. The standard InChI is InChI=1S/C29H30ClN7O4/c30-28-33-23(27(38)32-22-9-6-10-24-21(22)18-31-37(24)26-11-4-5-16-40-26)17-25(34-28)35-12-14-36(15-13-35)29(39)41-19-20-7-2-1-3-8-20/h1-3,6-10,17-18,26H,4-5,11-16,19H2,(H,32,38). The van der Waals surface area contributed by atoms with Crippen molar-refractivity contribution in [3.63, 3.8) is 0 Å². The van der Waals surface area contributed by atoms with E-state index in [2.05, 4.69) is 20.4 Å². The van der Waals surface area contributed by atoms with E-state index in [1.807, 2.05) is 58.1 Å². The summed E-state index contributed by atoms with van der Waals surface area (Å²) in [4.78, 5) is 38.0. The minimum atomic E-state index is -0.409. The van der Waals surface area contributed by atoms with Crippen LogP contribution in [0.2, 0.25) is 5.28 Å². The van der Waals surface area contributed by atoms with Gasteiger partial charge in [-0.25, -0.2) is 19.4 Å². The zero-order chi connectivity index (χ0) is 28.2. The van der Waals surface area contributed by atoms with Crippen molar-refractivity contribution in [1.82, 2.24) is 24.6 Å². The van der Waals surface area contributed by atoms with Crippen LogP contribution in [0.4, 0.5) is 16.3 Å². The van der Waals surface area contributed by atoms with Gasteiger partial charge in [0.15, 0.2) is 6.23 Å². The van der Waals surface area contributed by atoms with Crippen LogP contribution < -0.4 is 10.2 Å². The second-order valence-corrected chi connectivity index (χ2v) is 10.3. The number of anilines is 2. The summed E-state index contributed by atoms with van der Waals surface area (Å²) in [5.41, 5.74) is 2.58. The van der Waals surface area contributed by atoms with Crippen LogP contribution in [0.5, 0.6) is 0 Å². The van der Waals surface area contributed by atoms with Crippen LogP contribution >= 0.6 is 11.6 Å². The Kier molecular flexibility index (Phi) is 7.97. The molecule has 0 radical (unpaired) electrons. The van der Waals surface area contributed by atoms with E-state index in [1.165, 1.54) is 0 Å². The van der Waals surface area contributed by atoms with E-state index >= 15 is 0 Å². The summed E-state index contributed by atoms with van der Waals surface area (Å²) in [6.45, 7) is 2.86. The predicted molar refractivity (Wildman–Crippen MR) is 154 cm³/mol. The number of amides is 2. The molecule has 12 heteroatoms. The minimum absolute atomic E-state index is 0.0298. The molecular formula is C29H30ClN7O4. The molecule has 212 valence electrons. The molecule has 1 unspecified atom stereocenters. The van der Waals surface area contributed by atoms with Gasteiger partial charge < -0.3 is 24.6 Å².